The predicted molar refractivity (Wildman–Crippen MR) is 132 cm³/mol. The largest absolute Gasteiger partial charge is 0.368 e. The number of carbonyl (C=O) groups excluding carboxylic acids is 1. The maximum Gasteiger partial charge on any atom is 0.236 e. The number of rotatable bonds is 6. The van der Waals surface area contributed by atoms with E-state index in [0.29, 0.717) is 6.54 Å². The Labute approximate surface area is 191 Å². The zero-order chi connectivity index (χ0) is 22.5. The molecule has 1 N–H and O–H groups in total. The molecule has 0 spiro atoms. The van der Waals surface area contributed by atoms with Crippen LogP contribution in [0.3, 0.4) is 0 Å². The SMILES string of the molecule is Cc1ccc([C@@H](NCC(=O)N2CCN(c3cccc(C)c3C)CC2)c2ccccc2)cc1. The first kappa shape index (κ1) is 22.1. The third kappa shape index (κ3) is 5.03. The van der Waals surface area contributed by atoms with E-state index in [1.165, 1.54) is 33.5 Å². The maximum atomic E-state index is 13.0. The van der Waals surface area contributed by atoms with E-state index in [4.69, 9.17) is 0 Å². The second kappa shape index (κ2) is 10.0. The summed E-state index contributed by atoms with van der Waals surface area (Å²) in [7, 11) is 0. The van der Waals surface area contributed by atoms with Gasteiger partial charge in [0, 0.05) is 31.9 Å². The Kier molecular flexibility index (Phi) is 6.91. The highest BCUT2D eigenvalue weighted by molar-refractivity contribution is 5.78. The van der Waals surface area contributed by atoms with E-state index in [9.17, 15) is 4.79 Å². The molecule has 3 aromatic carbocycles. The molecule has 1 saturated heterocycles. The molecular formula is C28H33N3O. The van der Waals surface area contributed by atoms with Crippen molar-refractivity contribution in [3.05, 3.63) is 101 Å². The summed E-state index contributed by atoms with van der Waals surface area (Å²) in [6, 6.07) is 25.4. The van der Waals surface area contributed by atoms with Gasteiger partial charge in [0.1, 0.15) is 0 Å². The van der Waals surface area contributed by atoms with Gasteiger partial charge in [-0.1, -0.05) is 72.3 Å². The van der Waals surface area contributed by atoms with E-state index in [2.05, 4.69) is 85.6 Å². The fourth-order valence-electron chi connectivity index (χ4n) is 4.41. The highest BCUT2D eigenvalue weighted by Crippen LogP contribution is 2.24. The van der Waals surface area contributed by atoms with Gasteiger partial charge in [0.2, 0.25) is 5.91 Å². The Morgan fingerprint density at radius 1 is 0.812 bits per heavy atom. The van der Waals surface area contributed by atoms with E-state index in [0.717, 1.165) is 26.2 Å². The predicted octanol–water partition coefficient (Wildman–Crippen LogP) is 4.64. The number of anilines is 1. The number of nitrogens with zero attached hydrogens (tertiary/aromatic N) is 2. The van der Waals surface area contributed by atoms with Crippen molar-refractivity contribution in [3.8, 4) is 0 Å². The lowest BCUT2D eigenvalue weighted by Gasteiger charge is -2.37. The Balaban J connectivity index is 1.39. The zero-order valence-electron chi connectivity index (χ0n) is 19.3. The first-order valence-electron chi connectivity index (χ1n) is 11.5. The van der Waals surface area contributed by atoms with Crippen molar-refractivity contribution in [2.24, 2.45) is 0 Å². The van der Waals surface area contributed by atoms with Crippen LogP contribution >= 0.6 is 0 Å². The molecule has 4 heteroatoms. The van der Waals surface area contributed by atoms with Crippen LogP contribution in [0.15, 0.2) is 72.8 Å². The molecule has 4 nitrogen and oxygen atoms in total. The molecule has 32 heavy (non-hydrogen) atoms. The Morgan fingerprint density at radius 3 is 2.16 bits per heavy atom. The molecule has 0 aliphatic carbocycles. The maximum absolute atomic E-state index is 13.0. The molecule has 4 rings (SSSR count). The van der Waals surface area contributed by atoms with Gasteiger partial charge in [-0.3, -0.25) is 10.1 Å². The molecular weight excluding hydrogens is 394 g/mol. The van der Waals surface area contributed by atoms with Crippen molar-refractivity contribution in [1.82, 2.24) is 10.2 Å². The van der Waals surface area contributed by atoms with Crippen LogP contribution in [0.1, 0.15) is 33.9 Å². The summed E-state index contributed by atoms with van der Waals surface area (Å²) in [6.45, 7) is 10.0. The number of piperazine rings is 1. The summed E-state index contributed by atoms with van der Waals surface area (Å²) < 4.78 is 0. The summed E-state index contributed by atoms with van der Waals surface area (Å²) in [5, 5.41) is 3.52. The minimum atomic E-state index is -0.00279. The van der Waals surface area contributed by atoms with Crippen LogP contribution in [0.25, 0.3) is 0 Å². The monoisotopic (exact) mass is 427 g/mol. The van der Waals surface area contributed by atoms with Crippen LogP contribution in [0.5, 0.6) is 0 Å². The van der Waals surface area contributed by atoms with Gasteiger partial charge >= 0.3 is 0 Å². The highest BCUT2D eigenvalue weighted by atomic mass is 16.2. The smallest absolute Gasteiger partial charge is 0.236 e. The third-order valence-corrected chi connectivity index (χ3v) is 6.55. The zero-order valence-corrected chi connectivity index (χ0v) is 19.3. The molecule has 1 amide bonds. The quantitative estimate of drug-likeness (QED) is 0.623. The Hall–Kier alpha value is -3.11. The van der Waals surface area contributed by atoms with E-state index in [1.807, 2.05) is 23.1 Å². The van der Waals surface area contributed by atoms with E-state index >= 15 is 0 Å². The second-order valence-corrected chi connectivity index (χ2v) is 8.72. The van der Waals surface area contributed by atoms with Gasteiger partial charge in [0.05, 0.1) is 12.6 Å². The van der Waals surface area contributed by atoms with Crippen LogP contribution in [-0.2, 0) is 4.79 Å². The number of amides is 1. The minimum absolute atomic E-state index is 0.00279. The molecule has 1 heterocycles. The molecule has 1 fully saturated rings. The lowest BCUT2D eigenvalue weighted by molar-refractivity contribution is -0.130. The van der Waals surface area contributed by atoms with Gasteiger partial charge in [0.25, 0.3) is 0 Å². The number of hydrogen-bond donors (Lipinski definition) is 1. The molecule has 3 aromatic rings. The van der Waals surface area contributed by atoms with E-state index in [1.54, 1.807) is 0 Å². The molecule has 1 aliphatic heterocycles. The van der Waals surface area contributed by atoms with Crippen LogP contribution in [0.2, 0.25) is 0 Å². The molecule has 0 bridgehead atoms. The van der Waals surface area contributed by atoms with Gasteiger partial charge in [-0.15, -0.1) is 0 Å². The summed E-state index contributed by atoms with van der Waals surface area (Å²) in [5.74, 6) is 0.165. The van der Waals surface area contributed by atoms with Gasteiger partial charge in [-0.05, 0) is 49.1 Å². The van der Waals surface area contributed by atoms with Crippen LogP contribution in [0.4, 0.5) is 5.69 Å². The molecule has 0 saturated carbocycles. The molecule has 0 unspecified atom stereocenters. The molecule has 166 valence electrons. The fourth-order valence-corrected chi connectivity index (χ4v) is 4.41. The average molecular weight is 428 g/mol. The van der Waals surface area contributed by atoms with Crippen LogP contribution in [0, 0.1) is 20.8 Å². The Morgan fingerprint density at radius 2 is 1.47 bits per heavy atom. The standard InChI is InChI=1S/C28H33N3O/c1-21-12-14-25(15-13-21)28(24-9-5-4-6-10-24)29-20-27(32)31-18-16-30(17-19-31)26-11-7-8-22(2)23(26)3/h4-15,28-29H,16-20H2,1-3H3/t28-/m0/s1. The number of benzene rings is 3. The van der Waals surface area contributed by atoms with Crippen molar-refractivity contribution in [1.29, 1.82) is 0 Å². The molecule has 0 radical (unpaired) electrons. The topological polar surface area (TPSA) is 35.6 Å². The summed E-state index contributed by atoms with van der Waals surface area (Å²) in [6.07, 6.45) is 0. The average Bonchev–Trinajstić information content (AvgIpc) is 2.83. The van der Waals surface area contributed by atoms with Gasteiger partial charge in [-0.2, -0.15) is 0 Å². The molecule has 0 aromatic heterocycles. The molecule has 1 atom stereocenters. The Bertz CT molecular complexity index is 1040. The van der Waals surface area contributed by atoms with Gasteiger partial charge in [-0.25, -0.2) is 0 Å². The third-order valence-electron chi connectivity index (χ3n) is 6.55. The summed E-state index contributed by atoms with van der Waals surface area (Å²) in [5.41, 5.74) is 7.52. The second-order valence-electron chi connectivity index (χ2n) is 8.72. The van der Waals surface area contributed by atoms with E-state index < -0.39 is 0 Å². The van der Waals surface area contributed by atoms with Crippen LogP contribution in [-0.4, -0.2) is 43.5 Å². The lowest BCUT2D eigenvalue weighted by Crippen LogP contribution is -2.51. The fraction of sp³-hybridized carbons (Fsp3) is 0.321. The normalized spacial score (nSPS) is 15.0. The van der Waals surface area contributed by atoms with E-state index in [-0.39, 0.29) is 11.9 Å². The summed E-state index contributed by atoms with van der Waals surface area (Å²) in [4.78, 5) is 17.4. The number of carbonyl (C=O) groups is 1. The number of hydrogen-bond acceptors (Lipinski definition) is 3. The molecule has 1 aliphatic rings. The van der Waals surface area contributed by atoms with Crippen molar-refractivity contribution in [2.45, 2.75) is 26.8 Å². The van der Waals surface area contributed by atoms with Crippen LogP contribution < -0.4 is 10.2 Å². The first-order chi connectivity index (χ1) is 15.5. The summed E-state index contributed by atoms with van der Waals surface area (Å²) >= 11 is 0. The minimum Gasteiger partial charge on any atom is -0.368 e. The number of aryl methyl sites for hydroxylation is 2. The first-order valence-corrected chi connectivity index (χ1v) is 11.5. The van der Waals surface area contributed by atoms with Crippen molar-refractivity contribution < 1.29 is 4.79 Å². The lowest BCUT2D eigenvalue weighted by atomic mass is 9.98. The highest BCUT2D eigenvalue weighted by Gasteiger charge is 2.23. The van der Waals surface area contributed by atoms with Gasteiger partial charge < -0.3 is 9.80 Å². The number of nitrogens with one attached hydrogen (secondary N) is 1. The van der Waals surface area contributed by atoms with Crippen molar-refractivity contribution >= 4 is 11.6 Å². The van der Waals surface area contributed by atoms with Crippen molar-refractivity contribution in [3.63, 3.8) is 0 Å². The van der Waals surface area contributed by atoms with Gasteiger partial charge in [0.15, 0.2) is 0 Å². The van der Waals surface area contributed by atoms with Crippen molar-refractivity contribution in [2.75, 3.05) is 37.6 Å².